The maximum atomic E-state index is 5.28. The molecule has 21 aromatic carbocycles. The Balaban J connectivity index is 0.000000117. The van der Waals surface area contributed by atoms with E-state index in [1.807, 2.05) is 72.8 Å². The first-order chi connectivity index (χ1) is 74.3. The summed E-state index contributed by atoms with van der Waals surface area (Å²) in [6.07, 6.45) is 0. The largest absolute Gasteiger partial charge is 0.248 e. The molecule has 0 amide bonds. The molecular formula is C141H93N9. The van der Waals surface area contributed by atoms with Gasteiger partial charge in [0.25, 0.3) is 0 Å². The minimum atomic E-state index is 0.678. The normalized spacial score (nSPS) is 11.2. The Morgan fingerprint density at radius 1 is 0.100 bits per heavy atom. The maximum absolute atomic E-state index is 5.28. The summed E-state index contributed by atoms with van der Waals surface area (Å²) in [5, 5.41) is 10.7. The average molecular weight is 1910 g/mol. The van der Waals surface area contributed by atoms with Crippen molar-refractivity contribution in [2.75, 3.05) is 0 Å². The Labute approximate surface area is 870 Å². The van der Waals surface area contributed by atoms with Gasteiger partial charge in [0.1, 0.15) is 0 Å². The van der Waals surface area contributed by atoms with Crippen molar-refractivity contribution in [3.8, 4) is 202 Å². The molecule has 0 saturated heterocycles. The van der Waals surface area contributed by atoms with Gasteiger partial charge in [-0.1, -0.05) is 491 Å². The minimum absolute atomic E-state index is 0.678. The fourth-order valence-electron chi connectivity index (χ4n) is 20.3. The van der Waals surface area contributed by atoms with Gasteiger partial charge in [0.05, 0.1) is 67.8 Å². The van der Waals surface area contributed by atoms with Crippen LogP contribution < -0.4 is 0 Å². The highest BCUT2D eigenvalue weighted by Gasteiger charge is 2.23. The zero-order valence-corrected chi connectivity index (χ0v) is 81.7. The van der Waals surface area contributed by atoms with Crippen molar-refractivity contribution >= 4 is 65.0 Å². The lowest BCUT2D eigenvalue weighted by Gasteiger charge is -2.14. The van der Waals surface area contributed by atoms with Gasteiger partial charge in [-0.05, 0) is 172 Å². The standard InChI is InChI=1S/C53H35N3.C47H31N3.C41H27N3/c1-4-13-36(14-5-1)38-23-27-42(28-24-38)50-35-51(56-53(55-50)43-29-25-39(26-30-43)37-15-6-2-7-16-37)45-21-12-20-44(33-45)49-34-47(40-17-8-3-9-18-40)52-46-22-11-10-19-41(46)31-32-48(52)54-49;1-4-13-32(14-5-1)33-23-25-36(26-24-33)44-31-45(50-47(49-44)37-18-8-3-9-19-37)39-21-12-20-38(29-39)43-30-41(34-15-6-2-7-16-34)46-40-22-11-10-17-35(40)27-28-42(46)48-43;1-4-13-28(14-5-1)35-26-37(42-36-24-23-29-15-10-11-22-34(29)40(35)36)32-20-12-21-33(25-32)39-27-38(30-16-6-2-7-17-30)43-41(44-39)31-18-8-3-9-19-31/h1-35H;1-31H;1-27H. The summed E-state index contributed by atoms with van der Waals surface area (Å²) in [6, 6.07) is 197. The number of nitrogens with zero attached hydrogens (tertiary/aromatic N) is 9. The number of aromatic nitrogens is 9. The number of hydrogen-bond acceptors (Lipinski definition) is 9. The summed E-state index contributed by atoms with van der Waals surface area (Å²) in [5.74, 6) is 2.07. The Morgan fingerprint density at radius 3 is 0.533 bits per heavy atom. The third-order valence-electron chi connectivity index (χ3n) is 27.8. The van der Waals surface area contributed by atoms with E-state index in [2.05, 4.69) is 491 Å². The minimum Gasteiger partial charge on any atom is -0.248 e. The molecule has 0 radical (unpaired) electrons. The fourth-order valence-corrected chi connectivity index (χ4v) is 20.3. The van der Waals surface area contributed by atoms with Crippen LogP contribution in [-0.4, -0.2) is 44.9 Å². The highest BCUT2D eigenvalue weighted by atomic mass is 14.9. The third-order valence-corrected chi connectivity index (χ3v) is 27.8. The molecule has 0 bridgehead atoms. The molecule has 0 saturated carbocycles. The first-order valence-electron chi connectivity index (χ1n) is 50.6. The van der Waals surface area contributed by atoms with Gasteiger partial charge in [-0.2, -0.15) is 0 Å². The topological polar surface area (TPSA) is 116 Å². The molecule has 27 rings (SSSR count). The van der Waals surface area contributed by atoms with Crippen LogP contribution >= 0.6 is 0 Å². The van der Waals surface area contributed by atoms with Gasteiger partial charge in [-0.15, -0.1) is 0 Å². The maximum Gasteiger partial charge on any atom is 0.160 e. The Morgan fingerprint density at radius 2 is 0.273 bits per heavy atom. The molecule has 0 atom stereocenters. The lowest BCUT2D eigenvalue weighted by atomic mass is 9.94. The lowest BCUT2D eigenvalue weighted by Crippen LogP contribution is -1.96. The van der Waals surface area contributed by atoms with Crippen LogP contribution in [0, 0.1) is 0 Å². The highest BCUT2D eigenvalue weighted by molar-refractivity contribution is 6.17. The average Bonchev–Trinajstić information content (AvgIpc) is 0.764. The number of hydrogen-bond donors (Lipinski definition) is 0. The van der Waals surface area contributed by atoms with Gasteiger partial charge < -0.3 is 0 Å². The Kier molecular flexibility index (Phi) is 25.1. The quantitative estimate of drug-likeness (QED) is 0.0774. The van der Waals surface area contributed by atoms with Crippen molar-refractivity contribution < 1.29 is 0 Å². The summed E-state index contributed by atoms with van der Waals surface area (Å²) in [5.41, 5.74) is 37.1. The molecule has 0 unspecified atom stereocenters. The summed E-state index contributed by atoms with van der Waals surface area (Å²) >= 11 is 0. The molecule has 150 heavy (non-hydrogen) atoms. The molecule has 0 aliphatic rings. The summed E-state index contributed by atoms with van der Waals surface area (Å²) in [4.78, 5) is 46.3. The van der Waals surface area contributed by atoms with Crippen LogP contribution in [0.3, 0.4) is 0 Å². The van der Waals surface area contributed by atoms with Crippen LogP contribution in [0.1, 0.15) is 0 Å². The number of pyridine rings is 3. The Bertz CT molecular complexity index is 9450. The number of fused-ring (bicyclic) bond motifs is 9. The molecule has 27 aromatic rings. The second-order valence-corrected chi connectivity index (χ2v) is 37.4. The SMILES string of the molecule is c1ccc(-c2cc(-c3cccc(-c4cc(-c5ccccc5)c5c(ccc6ccccc65)n4)c3)nc(-c3ccccc3)n2)cc1.c1ccc(-c2ccc(-c3cc(-c4cccc(-c5cc(-c6ccccc6)c6c(ccc7ccccc76)n5)c4)nc(-c4ccc(-c5ccccc5)cc4)n3)cc2)cc1.c1ccc(-c2ccc(-c3cc(-c4cccc(-c5cc(-c6ccccc6)c6c(ccc7ccccc76)n5)c4)nc(-c4ccccc4)n3)cc2)cc1. The van der Waals surface area contributed by atoms with Crippen LogP contribution in [0.5, 0.6) is 0 Å². The van der Waals surface area contributed by atoms with Gasteiger partial charge in [-0.3, -0.25) is 0 Å². The van der Waals surface area contributed by atoms with Crippen LogP contribution in [0.4, 0.5) is 0 Å². The van der Waals surface area contributed by atoms with E-state index in [0.29, 0.717) is 17.5 Å². The molecule has 9 nitrogen and oxygen atoms in total. The van der Waals surface area contributed by atoms with Crippen molar-refractivity contribution in [3.63, 3.8) is 0 Å². The van der Waals surface area contributed by atoms with Gasteiger partial charge >= 0.3 is 0 Å². The highest BCUT2D eigenvalue weighted by Crippen LogP contribution is 2.45. The summed E-state index contributed by atoms with van der Waals surface area (Å²) < 4.78 is 0. The smallest absolute Gasteiger partial charge is 0.160 e. The summed E-state index contributed by atoms with van der Waals surface area (Å²) in [6.45, 7) is 0. The molecule has 0 aliphatic heterocycles. The van der Waals surface area contributed by atoms with Crippen molar-refractivity contribution in [2.24, 2.45) is 0 Å². The van der Waals surface area contributed by atoms with Crippen molar-refractivity contribution in [1.82, 2.24) is 44.9 Å². The molecule has 6 aromatic heterocycles. The zero-order valence-electron chi connectivity index (χ0n) is 81.7. The van der Waals surface area contributed by atoms with Gasteiger partial charge in [0, 0.05) is 82.9 Å². The molecule has 702 valence electrons. The van der Waals surface area contributed by atoms with E-state index in [4.69, 9.17) is 44.9 Å². The van der Waals surface area contributed by atoms with E-state index < -0.39 is 0 Å². The lowest BCUT2D eigenvalue weighted by molar-refractivity contribution is 1.18. The number of benzene rings is 21. The fraction of sp³-hybridized carbons (Fsp3) is 0. The van der Waals surface area contributed by atoms with Crippen LogP contribution in [-0.2, 0) is 0 Å². The molecule has 0 fully saturated rings. The molecule has 0 N–H and O–H groups in total. The van der Waals surface area contributed by atoms with Crippen LogP contribution in [0.2, 0.25) is 0 Å². The first kappa shape index (κ1) is 91.1. The second-order valence-electron chi connectivity index (χ2n) is 37.4. The second kappa shape index (κ2) is 41.3. The predicted molar refractivity (Wildman–Crippen MR) is 622 cm³/mol. The first-order valence-corrected chi connectivity index (χ1v) is 50.6. The van der Waals surface area contributed by atoms with Gasteiger partial charge in [-0.25, -0.2) is 44.9 Å². The van der Waals surface area contributed by atoms with Gasteiger partial charge in [0.2, 0.25) is 0 Å². The van der Waals surface area contributed by atoms with Crippen molar-refractivity contribution in [3.05, 3.63) is 564 Å². The van der Waals surface area contributed by atoms with E-state index in [-0.39, 0.29) is 0 Å². The molecule has 6 heterocycles. The Hall–Kier alpha value is -20.1. The van der Waals surface area contributed by atoms with Gasteiger partial charge in [0.15, 0.2) is 17.5 Å². The van der Waals surface area contributed by atoms with Crippen LogP contribution in [0.25, 0.3) is 267 Å². The van der Waals surface area contributed by atoms with Crippen molar-refractivity contribution in [1.29, 1.82) is 0 Å². The van der Waals surface area contributed by atoms with E-state index in [1.54, 1.807) is 0 Å². The van der Waals surface area contributed by atoms with E-state index in [9.17, 15) is 0 Å². The van der Waals surface area contributed by atoms with E-state index in [0.717, 1.165) is 157 Å². The van der Waals surface area contributed by atoms with E-state index in [1.165, 1.54) is 93.2 Å². The van der Waals surface area contributed by atoms with E-state index >= 15 is 0 Å². The number of rotatable bonds is 18. The molecular weight excluding hydrogens is 1820 g/mol. The van der Waals surface area contributed by atoms with Crippen LogP contribution in [0.15, 0.2) is 564 Å². The monoisotopic (exact) mass is 1910 g/mol. The van der Waals surface area contributed by atoms with Crippen molar-refractivity contribution in [2.45, 2.75) is 0 Å². The summed E-state index contributed by atoms with van der Waals surface area (Å²) in [7, 11) is 0. The zero-order chi connectivity index (χ0) is 99.8. The molecule has 0 spiro atoms. The third kappa shape index (κ3) is 19.1. The predicted octanol–water partition coefficient (Wildman–Crippen LogP) is 36.5. The molecule has 9 heteroatoms. The molecule has 0 aliphatic carbocycles.